The summed E-state index contributed by atoms with van der Waals surface area (Å²) in [6, 6.07) is 7.51. The van der Waals surface area contributed by atoms with Gasteiger partial charge in [0, 0.05) is 19.6 Å². The summed E-state index contributed by atoms with van der Waals surface area (Å²) in [5.41, 5.74) is 2.59. The van der Waals surface area contributed by atoms with E-state index in [4.69, 9.17) is 0 Å². The van der Waals surface area contributed by atoms with Crippen LogP contribution in [0.15, 0.2) is 40.9 Å². The third-order valence-corrected chi connectivity index (χ3v) is 5.17. The van der Waals surface area contributed by atoms with Gasteiger partial charge in [0.25, 0.3) is 5.56 Å². The van der Waals surface area contributed by atoms with Gasteiger partial charge >= 0.3 is 0 Å². The summed E-state index contributed by atoms with van der Waals surface area (Å²) in [7, 11) is 0. The van der Waals surface area contributed by atoms with Gasteiger partial charge in [-0.15, -0.1) is 10.2 Å². The molecule has 0 aliphatic carbocycles. The minimum absolute atomic E-state index is 0.0575. The standard InChI is InChI=1S/C16H17N5OS/c22-15-13-3-1-2-4-14(13)17-10-21(15)9-12-5-7-20(8-6-12)16-19-18-11-23-16/h1-4,10-12H,5-9H2. The minimum atomic E-state index is 0.0575. The number of piperidine rings is 1. The first kappa shape index (κ1) is 14.3. The van der Waals surface area contributed by atoms with Gasteiger partial charge < -0.3 is 4.90 Å². The molecule has 4 rings (SSSR count). The monoisotopic (exact) mass is 327 g/mol. The Hall–Kier alpha value is -2.28. The number of fused-ring (bicyclic) bond motifs is 1. The maximum Gasteiger partial charge on any atom is 0.261 e. The molecule has 2 aromatic heterocycles. The number of aromatic nitrogens is 4. The summed E-state index contributed by atoms with van der Waals surface area (Å²) in [6.07, 6.45) is 3.79. The lowest BCUT2D eigenvalue weighted by Gasteiger charge is -2.31. The smallest absolute Gasteiger partial charge is 0.261 e. The van der Waals surface area contributed by atoms with E-state index in [0.717, 1.165) is 43.1 Å². The Kier molecular flexibility index (Phi) is 3.78. The van der Waals surface area contributed by atoms with Gasteiger partial charge in [-0.25, -0.2) is 4.98 Å². The van der Waals surface area contributed by atoms with Crippen LogP contribution in [0.5, 0.6) is 0 Å². The van der Waals surface area contributed by atoms with E-state index >= 15 is 0 Å². The predicted octanol–water partition coefficient (Wildman–Crippen LogP) is 2.16. The lowest BCUT2D eigenvalue weighted by molar-refractivity contribution is 0.351. The second kappa shape index (κ2) is 6.08. The van der Waals surface area contributed by atoms with Crippen LogP contribution in [0, 0.1) is 5.92 Å². The average molecular weight is 327 g/mol. The van der Waals surface area contributed by atoms with Crippen LogP contribution in [0.2, 0.25) is 0 Å². The van der Waals surface area contributed by atoms with Crippen molar-refractivity contribution in [2.45, 2.75) is 19.4 Å². The first-order valence-electron chi connectivity index (χ1n) is 7.76. The number of hydrogen-bond acceptors (Lipinski definition) is 6. The number of rotatable bonds is 3. The Morgan fingerprint density at radius 2 is 2.04 bits per heavy atom. The Morgan fingerprint density at radius 3 is 2.83 bits per heavy atom. The third-order valence-electron chi connectivity index (χ3n) is 4.42. The molecule has 1 saturated heterocycles. The highest BCUT2D eigenvalue weighted by molar-refractivity contribution is 7.13. The molecule has 0 N–H and O–H groups in total. The molecular weight excluding hydrogens is 310 g/mol. The van der Waals surface area contributed by atoms with E-state index in [1.165, 1.54) is 0 Å². The molecule has 0 unspecified atom stereocenters. The molecule has 3 aromatic rings. The molecule has 0 spiro atoms. The second-order valence-corrected chi connectivity index (χ2v) is 6.68. The molecule has 1 aromatic carbocycles. The maximum absolute atomic E-state index is 12.5. The van der Waals surface area contributed by atoms with E-state index in [0.29, 0.717) is 11.3 Å². The zero-order chi connectivity index (χ0) is 15.6. The molecule has 0 amide bonds. The van der Waals surface area contributed by atoms with Crippen molar-refractivity contribution in [1.82, 2.24) is 19.7 Å². The fourth-order valence-electron chi connectivity index (χ4n) is 3.13. The van der Waals surface area contributed by atoms with E-state index < -0.39 is 0 Å². The van der Waals surface area contributed by atoms with Crippen LogP contribution < -0.4 is 10.5 Å². The van der Waals surface area contributed by atoms with Crippen LogP contribution in [0.3, 0.4) is 0 Å². The van der Waals surface area contributed by atoms with Crippen LogP contribution in [-0.2, 0) is 6.54 Å². The molecule has 1 fully saturated rings. The van der Waals surface area contributed by atoms with Crippen molar-refractivity contribution in [3.8, 4) is 0 Å². The van der Waals surface area contributed by atoms with E-state index in [1.54, 1.807) is 27.7 Å². The van der Waals surface area contributed by atoms with Crippen molar-refractivity contribution in [3.63, 3.8) is 0 Å². The predicted molar refractivity (Wildman–Crippen MR) is 90.8 cm³/mol. The summed E-state index contributed by atoms with van der Waals surface area (Å²) in [5.74, 6) is 0.500. The van der Waals surface area contributed by atoms with Crippen LogP contribution in [0.1, 0.15) is 12.8 Å². The zero-order valence-electron chi connectivity index (χ0n) is 12.6. The molecule has 3 heterocycles. The van der Waals surface area contributed by atoms with E-state index in [1.807, 2.05) is 24.3 Å². The maximum atomic E-state index is 12.5. The van der Waals surface area contributed by atoms with Gasteiger partial charge in [-0.2, -0.15) is 0 Å². The van der Waals surface area contributed by atoms with Gasteiger partial charge in [0.05, 0.1) is 17.2 Å². The Labute approximate surface area is 137 Å². The van der Waals surface area contributed by atoms with Crippen molar-refractivity contribution < 1.29 is 0 Å². The van der Waals surface area contributed by atoms with Crippen molar-refractivity contribution in [1.29, 1.82) is 0 Å². The van der Waals surface area contributed by atoms with Crippen molar-refractivity contribution in [2.75, 3.05) is 18.0 Å². The SMILES string of the molecule is O=c1c2ccccc2ncn1CC1CCN(c2nncs2)CC1. The Bertz CT molecular complexity index is 852. The lowest BCUT2D eigenvalue weighted by Crippen LogP contribution is -2.36. The summed E-state index contributed by atoms with van der Waals surface area (Å²) < 4.78 is 1.76. The van der Waals surface area contributed by atoms with Crippen LogP contribution >= 0.6 is 11.3 Å². The van der Waals surface area contributed by atoms with Crippen molar-refractivity contribution in [3.05, 3.63) is 46.5 Å². The quantitative estimate of drug-likeness (QED) is 0.738. The molecule has 1 aliphatic rings. The average Bonchev–Trinajstić information content (AvgIpc) is 3.13. The topological polar surface area (TPSA) is 63.9 Å². The molecule has 23 heavy (non-hydrogen) atoms. The molecule has 0 radical (unpaired) electrons. The number of nitrogens with zero attached hydrogens (tertiary/aromatic N) is 5. The van der Waals surface area contributed by atoms with Crippen LogP contribution in [0.4, 0.5) is 5.13 Å². The molecular formula is C16H17N5OS. The normalized spacial score (nSPS) is 16.1. The van der Waals surface area contributed by atoms with Gasteiger partial charge in [0.2, 0.25) is 5.13 Å². The molecule has 6 nitrogen and oxygen atoms in total. The molecule has 118 valence electrons. The van der Waals surface area contributed by atoms with Crippen LogP contribution in [-0.4, -0.2) is 32.8 Å². The van der Waals surface area contributed by atoms with Gasteiger partial charge in [-0.3, -0.25) is 9.36 Å². The molecule has 0 bridgehead atoms. The van der Waals surface area contributed by atoms with Crippen molar-refractivity contribution in [2.24, 2.45) is 5.92 Å². The molecule has 0 atom stereocenters. The number of hydrogen-bond donors (Lipinski definition) is 0. The number of benzene rings is 1. The fourth-order valence-corrected chi connectivity index (χ4v) is 3.74. The highest BCUT2D eigenvalue weighted by Crippen LogP contribution is 2.24. The summed E-state index contributed by atoms with van der Waals surface area (Å²) in [5, 5.41) is 9.71. The van der Waals surface area contributed by atoms with E-state index in [2.05, 4.69) is 20.1 Å². The lowest BCUT2D eigenvalue weighted by atomic mass is 9.97. The van der Waals surface area contributed by atoms with E-state index in [-0.39, 0.29) is 5.56 Å². The fraction of sp³-hybridized carbons (Fsp3) is 0.375. The number of para-hydroxylation sites is 1. The van der Waals surface area contributed by atoms with Gasteiger partial charge in [-0.05, 0) is 30.9 Å². The zero-order valence-corrected chi connectivity index (χ0v) is 13.4. The third kappa shape index (κ3) is 2.84. The highest BCUT2D eigenvalue weighted by atomic mass is 32.1. The minimum Gasteiger partial charge on any atom is -0.347 e. The van der Waals surface area contributed by atoms with Gasteiger partial charge in [0.15, 0.2) is 0 Å². The first-order chi connectivity index (χ1) is 11.3. The van der Waals surface area contributed by atoms with Crippen LogP contribution in [0.25, 0.3) is 10.9 Å². The summed E-state index contributed by atoms with van der Waals surface area (Å²) >= 11 is 1.58. The second-order valence-electron chi connectivity index (χ2n) is 5.87. The highest BCUT2D eigenvalue weighted by Gasteiger charge is 2.21. The molecule has 0 saturated carbocycles. The van der Waals surface area contributed by atoms with E-state index in [9.17, 15) is 4.79 Å². The first-order valence-corrected chi connectivity index (χ1v) is 8.64. The van der Waals surface area contributed by atoms with Gasteiger partial charge in [0.1, 0.15) is 5.51 Å². The summed E-state index contributed by atoms with van der Waals surface area (Å²) in [6.45, 7) is 2.67. The largest absolute Gasteiger partial charge is 0.347 e. The Morgan fingerprint density at radius 1 is 1.22 bits per heavy atom. The Balaban J connectivity index is 1.47. The van der Waals surface area contributed by atoms with Crippen molar-refractivity contribution >= 4 is 27.4 Å². The summed E-state index contributed by atoms with van der Waals surface area (Å²) in [4.78, 5) is 19.2. The number of anilines is 1. The molecule has 1 aliphatic heterocycles. The van der Waals surface area contributed by atoms with Gasteiger partial charge in [-0.1, -0.05) is 23.5 Å². The molecule has 7 heteroatoms.